The van der Waals surface area contributed by atoms with E-state index in [1.165, 1.54) is 11.1 Å². The third-order valence-corrected chi connectivity index (χ3v) is 5.14. The number of hydrogen-bond donors (Lipinski definition) is 0. The Bertz CT molecular complexity index is 1040. The van der Waals surface area contributed by atoms with Crippen molar-refractivity contribution in [1.29, 1.82) is 0 Å². The van der Waals surface area contributed by atoms with Crippen LogP contribution < -0.4 is 9.80 Å². The quantitative estimate of drug-likeness (QED) is 0.659. The molecule has 0 saturated carbocycles. The zero-order valence-electron chi connectivity index (χ0n) is 14.6. The molecule has 27 heavy (non-hydrogen) atoms. The molecule has 6 heteroatoms. The topological polar surface area (TPSA) is 62.7 Å². The van der Waals surface area contributed by atoms with E-state index in [2.05, 4.69) is 9.88 Å². The van der Waals surface area contributed by atoms with E-state index >= 15 is 0 Å². The van der Waals surface area contributed by atoms with Crippen molar-refractivity contribution in [2.45, 2.75) is 0 Å². The van der Waals surface area contributed by atoms with Crippen molar-refractivity contribution in [3.63, 3.8) is 0 Å². The van der Waals surface area contributed by atoms with E-state index in [4.69, 9.17) is 4.74 Å². The Labute approximate surface area is 156 Å². The van der Waals surface area contributed by atoms with Gasteiger partial charge in [0.1, 0.15) is 0 Å². The molecule has 2 aliphatic rings. The summed E-state index contributed by atoms with van der Waals surface area (Å²) in [6.07, 6.45) is 3.15. The Hall–Kier alpha value is -3.25. The third kappa shape index (κ3) is 2.41. The molecule has 1 fully saturated rings. The van der Waals surface area contributed by atoms with Gasteiger partial charge < -0.3 is 9.64 Å². The first-order valence-corrected chi connectivity index (χ1v) is 8.93. The first kappa shape index (κ1) is 16.0. The SMILES string of the molecule is O=C1c2cccc3c(N4CCOCC4)ccc(c23)C(=O)N1c1cccnc1. The molecule has 0 bridgehead atoms. The lowest BCUT2D eigenvalue weighted by atomic mass is 9.92. The number of aromatic nitrogens is 1. The Balaban J connectivity index is 1.70. The highest BCUT2D eigenvalue weighted by Crippen LogP contribution is 2.37. The van der Waals surface area contributed by atoms with Gasteiger partial charge in [0, 0.05) is 46.9 Å². The second-order valence-electron chi connectivity index (χ2n) is 6.62. The molecule has 134 valence electrons. The van der Waals surface area contributed by atoms with Crippen molar-refractivity contribution in [1.82, 2.24) is 4.98 Å². The fourth-order valence-electron chi connectivity index (χ4n) is 3.88. The molecule has 0 aliphatic carbocycles. The zero-order chi connectivity index (χ0) is 18.4. The van der Waals surface area contributed by atoms with Crippen LogP contribution in [-0.4, -0.2) is 43.1 Å². The minimum absolute atomic E-state index is 0.315. The van der Waals surface area contributed by atoms with Crippen molar-refractivity contribution >= 4 is 34.0 Å². The number of anilines is 2. The van der Waals surface area contributed by atoms with E-state index in [-0.39, 0.29) is 11.8 Å². The lowest BCUT2D eigenvalue weighted by molar-refractivity contribution is 0.0893. The second kappa shape index (κ2) is 6.17. The van der Waals surface area contributed by atoms with Crippen LogP contribution in [0.3, 0.4) is 0 Å². The number of rotatable bonds is 2. The smallest absolute Gasteiger partial charge is 0.266 e. The van der Waals surface area contributed by atoms with E-state index in [1.807, 2.05) is 24.3 Å². The molecular formula is C21H17N3O3. The maximum atomic E-state index is 13.1. The van der Waals surface area contributed by atoms with Gasteiger partial charge in [0.05, 0.1) is 25.1 Å². The Morgan fingerprint density at radius 3 is 2.41 bits per heavy atom. The molecule has 3 heterocycles. The summed E-state index contributed by atoms with van der Waals surface area (Å²) in [6.45, 7) is 2.94. The molecular weight excluding hydrogens is 342 g/mol. The Kier molecular flexibility index (Phi) is 3.65. The normalized spacial score (nSPS) is 16.9. The number of morpholine rings is 1. The number of ether oxygens (including phenoxy) is 1. The predicted molar refractivity (Wildman–Crippen MR) is 102 cm³/mol. The van der Waals surface area contributed by atoms with Crippen LogP contribution in [0, 0.1) is 0 Å². The van der Waals surface area contributed by atoms with Crippen LogP contribution in [0.5, 0.6) is 0 Å². The number of nitrogens with zero attached hydrogens (tertiary/aromatic N) is 3. The molecule has 0 spiro atoms. The molecule has 2 aromatic carbocycles. The first-order chi connectivity index (χ1) is 13.3. The first-order valence-electron chi connectivity index (χ1n) is 8.93. The summed E-state index contributed by atoms with van der Waals surface area (Å²) >= 11 is 0. The number of carbonyl (C=O) groups excluding carboxylic acids is 2. The Morgan fingerprint density at radius 1 is 0.889 bits per heavy atom. The summed E-state index contributed by atoms with van der Waals surface area (Å²) in [4.78, 5) is 33.8. The molecule has 2 amide bonds. The van der Waals surface area contributed by atoms with Crippen LogP contribution >= 0.6 is 0 Å². The highest BCUT2D eigenvalue weighted by atomic mass is 16.5. The summed E-state index contributed by atoms with van der Waals surface area (Å²) in [5.74, 6) is -0.629. The number of imide groups is 1. The number of hydrogen-bond acceptors (Lipinski definition) is 5. The van der Waals surface area contributed by atoms with E-state index in [0.29, 0.717) is 30.0 Å². The van der Waals surface area contributed by atoms with E-state index in [9.17, 15) is 9.59 Å². The molecule has 2 aliphatic heterocycles. The summed E-state index contributed by atoms with van der Waals surface area (Å²) < 4.78 is 5.45. The summed E-state index contributed by atoms with van der Waals surface area (Å²) in [6, 6.07) is 12.9. The fourth-order valence-corrected chi connectivity index (χ4v) is 3.88. The second-order valence-corrected chi connectivity index (χ2v) is 6.62. The van der Waals surface area contributed by atoms with Gasteiger partial charge in [-0.3, -0.25) is 14.6 Å². The number of carbonyl (C=O) groups is 2. The average molecular weight is 359 g/mol. The Morgan fingerprint density at radius 2 is 1.67 bits per heavy atom. The maximum Gasteiger partial charge on any atom is 0.266 e. The van der Waals surface area contributed by atoms with Crippen LogP contribution in [0.25, 0.3) is 10.8 Å². The summed E-state index contributed by atoms with van der Waals surface area (Å²) in [5, 5.41) is 1.66. The largest absolute Gasteiger partial charge is 0.378 e. The fraction of sp³-hybridized carbons (Fsp3) is 0.190. The van der Waals surface area contributed by atoms with Crippen LogP contribution in [0.4, 0.5) is 11.4 Å². The lowest BCUT2D eigenvalue weighted by Gasteiger charge is -2.32. The van der Waals surface area contributed by atoms with Crippen LogP contribution in [-0.2, 0) is 4.74 Å². The monoisotopic (exact) mass is 359 g/mol. The highest BCUT2D eigenvalue weighted by molar-refractivity contribution is 6.36. The number of amides is 2. The molecule has 5 rings (SSSR count). The molecule has 0 radical (unpaired) electrons. The van der Waals surface area contributed by atoms with Gasteiger partial charge in [-0.05, 0) is 30.3 Å². The molecule has 6 nitrogen and oxygen atoms in total. The minimum atomic E-state index is -0.315. The molecule has 0 N–H and O–H groups in total. The summed E-state index contributed by atoms with van der Waals surface area (Å²) in [5.41, 5.74) is 2.60. The van der Waals surface area contributed by atoms with Gasteiger partial charge in [0.15, 0.2) is 0 Å². The molecule has 1 aromatic heterocycles. The number of benzene rings is 2. The molecule has 0 unspecified atom stereocenters. The van der Waals surface area contributed by atoms with Gasteiger partial charge >= 0.3 is 0 Å². The van der Waals surface area contributed by atoms with Crippen LogP contribution in [0.15, 0.2) is 54.9 Å². The van der Waals surface area contributed by atoms with E-state index in [0.717, 1.165) is 29.5 Å². The van der Waals surface area contributed by atoms with Gasteiger partial charge in [-0.25, -0.2) is 4.90 Å². The molecule has 0 atom stereocenters. The van der Waals surface area contributed by atoms with Gasteiger partial charge in [-0.2, -0.15) is 0 Å². The highest BCUT2D eigenvalue weighted by Gasteiger charge is 2.35. The number of pyridine rings is 1. The van der Waals surface area contributed by atoms with Gasteiger partial charge in [0.2, 0.25) is 0 Å². The summed E-state index contributed by atoms with van der Waals surface area (Å²) in [7, 11) is 0. The lowest BCUT2D eigenvalue weighted by Crippen LogP contribution is -2.41. The van der Waals surface area contributed by atoms with Crippen LogP contribution in [0.2, 0.25) is 0 Å². The van der Waals surface area contributed by atoms with Crippen LogP contribution in [0.1, 0.15) is 20.7 Å². The van der Waals surface area contributed by atoms with Crippen molar-refractivity contribution < 1.29 is 14.3 Å². The maximum absolute atomic E-state index is 13.1. The van der Waals surface area contributed by atoms with E-state index in [1.54, 1.807) is 24.4 Å². The van der Waals surface area contributed by atoms with Crippen molar-refractivity contribution in [2.24, 2.45) is 0 Å². The van der Waals surface area contributed by atoms with Gasteiger partial charge in [-0.15, -0.1) is 0 Å². The van der Waals surface area contributed by atoms with Crippen molar-refractivity contribution in [2.75, 3.05) is 36.1 Å². The van der Waals surface area contributed by atoms with Crippen molar-refractivity contribution in [3.8, 4) is 0 Å². The van der Waals surface area contributed by atoms with Crippen molar-refractivity contribution in [3.05, 3.63) is 66.0 Å². The minimum Gasteiger partial charge on any atom is -0.378 e. The third-order valence-electron chi connectivity index (χ3n) is 5.14. The van der Waals surface area contributed by atoms with E-state index < -0.39 is 0 Å². The average Bonchev–Trinajstić information content (AvgIpc) is 2.73. The predicted octanol–water partition coefficient (Wildman–Crippen LogP) is 2.87. The zero-order valence-corrected chi connectivity index (χ0v) is 14.6. The van der Waals surface area contributed by atoms with Gasteiger partial charge in [0.25, 0.3) is 11.8 Å². The molecule has 1 saturated heterocycles. The molecule has 3 aromatic rings. The standard InChI is InChI=1S/C21H17N3O3/c25-20-16-5-1-4-15-18(23-9-11-27-12-10-23)7-6-17(19(15)16)21(26)24(20)14-3-2-8-22-13-14/h1-8,13H,9-12H2. The van der Waals surface area contributed by atoms with Gasteiger partial charge in [-0.1, -0.05) is 12.1 Å².